The van der Waals surface area contributed by atoms with Gasteiger partial charge in [0, 0.05) is 47.9 Å². The highest BCUT2D eigenvalue weighted by Crippen LogP contribution is 2.46. The van der Waals surface area contributed by atoms with Crippen LogP contribution < -0.4 is 15.4 Å². The van der Waals surface area contributed by atoms with Crippen LogP contribution in [0.2, 0.25) is 0 Å². The first kappa shape index (κ1) is 24.2. The number of aryl methyl sites for hydroxylation is 2. The third kappa shape index (κ3) is 4.15. The van der Waals surface area contributed by atoms with Crippen LogP contribution in [-0.2, 0) is 18.4 Å². The van der Waals surface area contributed by atoms with Gasteiger partial charge in [0.05, 0.1) is 11.1 Å². The summed E-state index contributed by atoms with van der Waals surface area (Å²) in [4.78, 5) is 29.4. The Labute approximate surface area is 223 Å². The Balaban J connectivity index is 1.50. The molecule has 0 atom stereocenters. The van der Waals surface area contributed by atoms with Crippen molar-refractivity contribution in [3.05, 3.63) is 84.2 Å². The number of rotatable bonds is 5. The summed E-state index contributed by atoms with van der Waals surface area (Å²) < 4.78 is 23.7. The molecule has 2 aromatic carbocycles. The zero-order valence-corrected chi connectivity index (χ0v) is 21.5. The molecule has 2 N–H and O–H groups in total. The summed E-state index contributed by atoms with van der Waals surface area (Å²) in [6.07, 6.45) is 3.06. The smallest absolute Gasteiger partial charge is 0.322 e. The summed E-state index contributed by atoms with van der Waals surface area (Å²) in [5.74, 6) is -0.109. The highest BCUT2D eigenvalue weighted by atomic mass is 19.1. The lowest BCUT2D eigenvalue weighted by Crippen LogP contribution is -2.11. The van der Waals surface area contributed by atoms with Crippen molar-refractivity contribution in [3.8, 4) is 34.1 Å². The number of amides is 1. The number of aromatic nitrogens is 5. The Kier molecular flexibility index (Phi) is 5.79. The Morgan fingerprint density at radius 3 is 2.67 bits per heavy atom. The number of hydrogen-bond acceptors (Lipinski definition) is 7. The summed E-state index contributed by atoms with van der Waals surface area (Å²) in [6.45, 7) is 7.34. The van der Waals surface area contributed by atoms with E-state index in [2.05, 4.69) is 37.1 Å². The van der Waals surface area contributed by atoms with E-state index in [9.17, 15) is 4.79 Å². The number of carbonyl (C=O) groups excluding carboxylic acids is 1. The molecule has 3 aromatic heterocycles. The number of nitrogens with zero attached hydrogens (tertiary/aromatic N) is 5. The van der Waals surface area contributed by atoms with Gasteiger partial charge in [0.15, 0.2) is 11.6 Å². The first-order valence-corrected chi connectivity index (χ1v) is 12.3. The van der Waals surface area contributed by atoms with Gasteiger partial charge in [-0.25, -0.2) is 24.3 Å². The minimum atomic E-state index is -0.508. The van der Waals surface area contributed by atoms with Crippen LogP contribution in [0.4, 0.5) is 15.9 Å². The molecule has 1 aliphatic rings. The quantitative estimate of drug-likeness (QED) is 0.283. The van der Waals surface area contributed by atoms with Crippen LogP contribution in [0, 0.1) is 12.7 Å². The van der Waals surface area contributed by atoms with Crippen LogP contribution in [0.5, 0.6) is 11.8 Å². The zero-order chi connectivity index (χ0) is 27.3. The van der Waals surface area contributed by atoms with Crippen LogP contribution in [0.3, 0.4) is 0 Å². The second kappa shape index (κ2) is 9.32. The van der Waals surface area contributed by atoms with Gasteiger partial charge in [-0.15, -0.1) is 0 Å². The topological polar surface area (TPSA) is 107 Å². The van der Waals surface area contributed by atoms with Crippen molar-refractivity contribution >= 4 is 28.4 Å². The second-order valence-electron chi connectivity index (χ2n) is 9.36. The van der Waals surface area contributed by atoms with Crippen LogP contribution in [-0.4, -0.2) is 30.4 Å². The van der Waals surface area contributed by atoms with Gasteiger partial charge in [-0.1, -0.05) is 24.8 Å². The first-order chi connectivity index (χ1) is 18.8. The Bertz CT molecular complexity index is 1790. The molecular weight excluding hydrogens is 497 g/mol. The number of ether oxygens (including phenoxy) is 1. The maximum Gasteiger partial charge on any atom is 0.322 e. The van der Waals surface area contributed by atoms with E-state index in [4.69, 9.17) is 4.74 Å². The van der Waals surface area contributed by atoms with E-state index in [0.717, 1.165) is 22.2 Å². The fourth-order valence-corrected chi connectivity index (χ4v) is 4.77. The SMILES string of the molecule is C=C(C)C(=O)Nc1ccc(-c2c3c4c(ncnc4n2C)NCc2c-3ccc(Oc3nccc(C)n3)c2F)cc1. The van der Waals surface area contributed by atoms with Crippen molar-refractivity contribution in [1.29, 1.82) is 0 Å². The molecule has 39 heavy (non-hydrogen) atoms. The number of nitrogens with one attached hydrogen (secondary N) is 2. The molecule has 10 heteroatoms. The van der Waals surface area contributed by atoms with Crippen molar-refractivity contribution in [2.75, 3.05) is 10.6 Å². The lowest BCUT2D eigenvalue weighted by Gasteiger charge is -2.15. The first-order valence-electron chi connectivity index (χ1n) is 12.3. The molecule has 0 saturated carbocycles. The average Bonchev–Trinajstić information content (AvgIpc) is 3.11. The minimum Gasteiger partial charge on any atom is -0.421 e. The Hall–Kier alpha value is -5.12. The Morgan fingerprint density at radius 2 is 1.92 bits per heavy atom. The van der Waals surface area contributed by atoms with Crippen LogP contribution >= 0.6 is 0 Å². The third-order valence-corrected chi connectivity index (χ3v) is 6.65. The molecule has 1 aliphatic heterocycles. The molecule has 9 nitrogen and oxygen atoms in total. The van der Waals surface area contributed by atoms with Crippen LogP contribution in [0.1, 0.15) is 18.2 Å². The molecule has 0 aliphatic carbocycles. The fourth-order valence-electron chi connectivity index (χ4n) is 4.77. The summed E-state index contributed by atoms with van der Waals surface area (Å²) in [5.41, 5.74) is 6.12. The molecule has 5 aromatic rings. The predicted octanol–water partition coefficient (Wildman–Crippen LogP) is 5.77. The van der Waals surface area contributed by atoms with E-state index in [1.807, 2.05) is 48.9 Å². The predicted molar refractivity (Wildman–Crippen MR) is 147 cm³/mol. The molecular formula is C29H24FN7O2. The number of fused-ring (bicyclic) bond motifs is 2. The molecule has 1 amide bonds. The number of benzene rings is 2. The molecule has 0 bridgehead atoms. The number of halogens is 1. The van der Waals surface area contributed by atoms with Crippen LogP contribution in [0.25, 0.3) is 33.4 Å². The molecule has 0 unspecified atom stereocenters. The number of hydrogen-bond donors (Lipinski definition) is 2. The zero-order valence-electron chi connectivity index (χ0n) is 21.5. The summed E-state index contributed by atoms with van der Waals surface area (Å²) in [6, 6.07) is 12.7. The lowest BCUT2D eigenvalue weighted by atomic mass is 9.95. The van der Waals surface area contributed by atoms with E-state index in [1.165, 1.54) is 6.33 Å². The monoisotopic (exact) mass is 521 g/mol. The van der Waals surface area contributed by atoms with Gasteiger partial charge < -0.3 is 19.9 Å². The van der Waals surface area contributed by atoms with Crippen molar-refractivity contribution in [2.24, 2.45) is 7.05 Å². The van der Waals surface area contributed by atoms with Gasteiger partial charge in [0.1, 0.15) is 17.8 Å². The number of carbonyl (C=O) groups is 1. The molecule has 6 rings (SSSR count). The number of anilines is 2. The Morgan fingerprint density at radius 1 is 1.13 bits per heavy atom. The van der Waals surface area contributed by atoms with Crippen molar-refractivity contribution in [3.63, 3.8) is 0 Å². The van der Waals surface area contributed by atoms with Crippen molar-refractivity contribution < 1.29 is 13.9 Å². The van der Waals surface area contributed by atoms with Gasteiger partial charge in [-0.3, -0.25) is 4.79 Å². The molecule has 4 heterocycles. The van der Waals surface area contributed by atoms with Crippen molar-refractivity contribution in [1.82, 2.24) is 24.5 Å². The van der Waals surface area contributed by atoms with Gasteiger partial charge in [0.2, 0.25) is 0 Å². The molecule has 0 saturated heterocycles. The van der Waals surface area contributed by atoms with Gasteiger partial charge in [-0.2, -0.15) is 0 Å². The summed E-state index contributed by atoms with van der Waals surface area (Å²) in [7, 11) is 1.92. The van der Waals surface area contributed by atoms with Gasteiger partial charge in [-0.05, 0) is 49.2 Å². The molecule has 0 fully saturated rings. The van der Waals surface area contributed by atoms with E-state index < -0.39 is 5.82 Å². The second-order valence-corrected chi connectivity index (χ2v) is 9.36. The normalized spacial score (nSPS) is 11.9. The average molecular weight is 522 g/mol. The molecule has 0 radical (unpaired) electrons. The maximum atomic E-state index is 16.0. The largest absolute Gasteiger partial charge is 0.421 e. The van der Waals surface area contributed by atoms with E-state index in [-0.39, 0.29) is 24.2 Å². The lowest BCUT2D eigenvalue weighted by molar-refractivity contribution is -0.112. The highest BCUT2D eigenvalue weighted by molar-refractivity contribution is 6.09. The summed E-state index contributed by atoms with van der Waals surface area (Å²) in [5, 5.41) is 6.89. The van der Waals surface area contributed by atoms with Gasteiger partial charge >= 0.3 is 6.01 Å². The minimum absolute atomic E-state index is 0.0320. The fraction of sp³-hybridized carbons (Fsp3) is 0.138. The van der Waals surface area contributed by atoms with Crippen LogP contribution in [0.15, 0.2) is 67.1 Å². The third-order valence-electron chi connectivity index (χ3n) is 6.65. The summed E-state index contributed by atoms with van der Waals surface area (Å²) >= 11 is 0. The van der Waals surface area contributed by atoms with E-state index in [0.29, 0.717) is 39.5 Å². The maximum absolute atomic E-state index is 16.0. The van der Waals surface area contributed by atoms with Gasteiger partial charge in [0.25, 0.3) is 5.91 Å². The highest BCUT2D eigenvalue weighted by Gasteiger charge is 2.29. The van der Waals surface area contributed by atoms with Crippen molar-refractivity contribution in [2.45, 2.75) is 20.4 Å². The molecule has 194 valence electrons. The molecule has 0 spiro atoms. The van der Waals surface area contributed by atoms with E-state index >= 15 is 4.39 Å². The standard InChI is InChI=1S/C29H24FN7O2/c1-15(2)28(38)36-18-7-5-17(6-8-18)25-22-19-9-10-21(39-29-31-12-11-16(3)35-29)24(30)20(19)13-32-26-23(22)27(37(25)4)34-14-33-26/h5-12,14H,1,13H2,2-4H3,(H,36,38)(H,32,33,34). The van der Waals surface area contributed by atoms with E-state index in [1.54, 1.807) is 25.3 Å².